The summed E-state index contributed by atoms with van der Waals surface area (Å²) in [5, 5.41) is 5.96. The first kappa shape index (κ1) is 13.5. The van der Waals surface area contributed by atoms with Crippen LogP contribution >= 0.6 is 11.3 Å². The number of nitrogens with two attached hydrogens (primary N) is 1. The molecule has 3 N–H and O–H groups in total. The molecule has 100 valence electrons. The van der Waals surface area contributed by atoms with Crippen molar-refractivity contribution in [2.45, 2.75) is 38.6 Å². The van der Waals surface area contributed by atoms with E-state index in [0.717, 1.165) is 24.3 Å². The van der Waals surface area contributed by atoms with E-state index in [9.17, 15) is 4.79 Å². The van der Waals surface area contributed by atoms with E-state index in [4.69, 9.17) is 5.73 Å². The number of hydrogen-bond acceptors (Lipinski definition) is 4. The minimum atomic E-state index is -0.00199. The Kier molecular flexibility index (Phi) is 4.72. The van der Waals surface area contributed by atoms with Crippen molar-refractivity contribution in [1.29, 1.82) is 0 Å². The zero-order valence-corrected chi connectivity index (χ0v) is 11.6. The van der Waals surface area contributed by atoms with Gasteiger partial charge in [-0.1, -0.05) is 12.8 Å². The summed E-state index contributed by atoms with van der Waals surface area (Å²) in [4.78, 5) is 16.5. The molecule has 1 amide bonds. The molecule has 3 unspecified atom stereocenters. The molecule has 0 aromatic carbocycles. The molecule has 0 spiro atoms. The molecular weight excluding hydrogens is 246 g/mol. The molecule has 5 heteroatoms. The molecule has 0 radical (unpaired) electrons. The molecule has 1 heterocycles. The van der Waals surface area contributed by atoms with Crippen LogP contribution in [0.4, 0.5) is 0 Å². The zero-order chi connectivity index (χ0) is 13.0. The van der Waals surface area contributed by atoms with Crippen molar-refractivity contribution in [3.8, 4) is 0 Å². The second-order valence-corrected chi connectivity index (χ2v) is 5.91. The first-order chi connectivity index (χ1) is 8.72. The summed E-state index contributed by atoms with van der Waals surface area (Å²) in [5.74, 6) is 0.584. The van der Waals surface area contributed by atoms with Crippen molar-refractivity contribution < 1.29 is 4.79 Å². The van der Waals surface area contributed by atoms with E-state index in [1.165, 1.54) is 6.42 Å². The van der Waals surface area contributed by atoms with E-state index in [2.05, 4.69) is 10.3 Å². The Morgan fingerprint density at radius 1 is 1.61 bits per heavy atom. The summed E-state index contributed by atoms with van der Waals surface area (Å²) in [7, 11) is 0. The van der Waals surface area contributed by atoms with Gasteiger partial charge in [-0.25, -0.2) is 4.98 Å². The summed E-state index contributed by atoms with van der Waals surface area (Å²) in [5.41, 5.74) is 5.77. The predicted molar refractivity (Wildman–Crippen MR) is 73.2 cm³/mol. The highest BCUT2D eigenvalue weighted by atomic mass is 32.1. The van der Waals surface area contributed by atoms with Crippen LogP contribution in [0, 0.1) is 11.8 Å². The number of hydrogen-bond donors (Lipinski definition) is 2. The van der Waals surface area contributed by atoms with Gasteiger partial charge in [0.25, 0.3) is 0 Å². The van der Waals surface area contributed by atoms with E-state index in [1.54, 1.807) is 17.5 Å². The van der Waals surface area contributed by atoms with Crippen molar-refractivity contribution in [2.24, 2.45) is 17.6 Å². The van der Waals surface area contributed by atoms with Crippen LogP contribution in [0.5, 0.6) is 0 Å². The standard InChI is InChI=1S/C13H21N3OS/c1-9(13-15-6-7-18-13)16-12(17)11-5-3-2-4-10(11)8-14/h6-7,9-11H,2-5,8,14H2,1H3,(H,16,17). The quantitative estimate of drug-likeness (QED) is 0.877. The Morgan fingerprint density at radius 2 is 2.39 bits per heavy atom. The minimum Gasteiger partial charge on any atom is -0.347 e. The molecule has 1 aliphatic rings. The second-order valence-electron chi connectivity index (χ2n) is 4.99. The lowest BCUT2D eigenvalue weighted by Crippen LogP contribution is -2.40. The maximum Gasteiger partial charge on any atom is 0.223 e. The maximum atomic E-state index is 12.3. The monoisotopic (exact) mass is 267 g/mol. The molecule has 1 aromatic heterocycles. The third-order valence-corrected chi connectivity index (χ3v) is 4.69. The molecule has 0 aliphatic heterocycles. The smallest absolute Gasteiger partial charge is 0.223 e. The average molecular weight is 267 g/mol. The zero-order valence-electron chi connectivity index (χ0n) is 10.8. The summed E-state index contributed by atoms with van der Waals surface area (Å²) in [6.45, 7) is 2.60. The number of carbonyl (C=O) groups excluding carboxylic acids is 1. The van der Waals surface area contributed by atoms with Gasteiger partial charge in [0.2, 0.25) is 5.91 Å². The van der Waals surface area contributed by atoms with Crippen LogP contribution in [-0.4, -0.2) is 17.4 Å². The minimum absolute atomic E-state index is 0.00199. The fourth-order valence-electron chi connectivity index (χ4n) is 2.67. The molecule has 4 nitrogen and oxygen atoms in total. The highest BCUT2D eigenvalue weighted by molar-refractivity contribution is 7.09. The van der Waals surface area contributed by atoms with Gasteiger partial charge in [0.1, 0.15) is 5.01 Å². The largest absolute Gasteiger partial charge is 0.347 e. The van der Waals surface area contributed by atoms with E-state index >= 15 is 0 Å². The van der Waals surface area contributed by atoms with Gasteiger partial charge in [0.15, 0.2) is 0 Å². The predicted octanol–water partition coefficient (Wildman–Crippen LogP) is 2.09. The van der Waals surface area contributed by atoms with Crippen molar-refractivity contribution in [1.82, 2.24) is 10.3 Å². The third-order valence-electron chi connectivity index (χ3n) is 3.73. The molecule has 2 rings (SSSR count). The fraction of sp³-hybridized carbons (Fsp3) is 0.692. The third kappa shape index (κ3) is 3.09. The summed E-state index contributed by atoms with van der Waals surface area (Å²) in [6, 6.07) is -0.00199. The Morgan fingerprint density at radius 3 is 3.06 bits per heavy atom. The van der Waals surface area contributed by atoms with Crippen LogP contribution in [0.25, 0.3) is 0 Å². The van der Waals surface area contributed by atoms with Crippen LogP contribution in [0.1, 0.15) is 43.7 Å². The first-order valence-corrected chi connectivity index (χ1v) is 7.50. The van der Waals surface area contributed by atoms with E-state index in [1.807, 2.05) is 12.3 Å². The maximum absolute atomic E-state index is 12.3. The average Bonchev–Trinajstić information content (AvgIpc) is 2.92. The van der Waals surface area contributed by atoms with Crippen molar-refractivity contribution in [2.75, 3.05) is 6.54 Å². The SMILES string of the molecule is CC(NC(=O)C1CCCCC1CN)c1nccs1. The molecule has 1 aromatic rings. The molecule has 0 bridgehead atoms. The summed E-state index contributed by atoms with van der Waals surface area (Å²) >= 11 is 1.58. The lowest BCUT2D eigenvalue weighted by Gasteiger charge is -2.30. The molecule has 0 saturated heterocycles. The van der Waals surface area contributed by atoms with E-state index in [-0.39, 0.29) is 17.9 Å². The first-order valence-electron chi connectivity index (χ1n) is 6.62. The van der Waals surface area contributed by atoms with Crippen LogP contribution in [-0.2, 0) is 4.79 Å². The van der Waals surface area contributed by atoms with Gasteiger partial charge in [-0.2, -0.15) is 0 Å². The van der Waals surface area contributed by atoms with Crippen LogP contribution < -0.4 is 11.1 Å². The van der Waals surface area contributed by atoms with Crippen molar-refractivity contribution in [3.63, 3.8) is 0 Å². The van der Waals surface area contributed by atoms with E-state index < -0.39 is 0 Å². The fourth-order valence-corrected chi connectivity index (χ4v) is 3.31. The van der Waals surface area contributed by atoms with Crippen LogP contribution in [0.2, 0.25) is 0 Å². The lowest BCUT2D eigenvalue weighted by atomic mass is 9.78. The molecule has 1 saturated carbocycles. The molecular formula is C13H21N3OS. The number of amides is 1. The van der Waals surface area contributed by atoms with Crippen molar-refractivity contribution in [3.05, 3.63) is 16.6 Å². The van der Waals surface area contributed by atoms with Gasteiger partial charge < -0.3 is 11.1 Å². The van der Waals surface area contributed by atoms with Gasteiger partial charge in [0.05, 0.1) is 6.04 Å². The van der Waals surface area contributed by atoms with Gasteiger partial charge in [0, 0.05) is 17.5 Å². The van der Waals surface area contributed by atoms with Gasteiger partial charge in [-0.05, 0) is 32.2 Å². The number of nitrogens with one attached hydrogen (secondary N) is 1. The van der Waals surface area contributed by atoms with Crippen molar-refractivity contribution >= 4 is 17.2 Å². The summed E-state index contributed by atoms with van der Waals surface area (Å²) < 4.78 is 0. The van der Waals surface area contributed by atoms with Crippen LogP contribution in [0.15, 0.2) is 11.6 Å². The topological polar surface area (TPSA) is 68.0 Å². The van der Waals surface area contributed by atoms with Gasteiger partial charge >= 0.3 is 0 Å². The molecule has 1 fully saturated rings. The van der Waals surface area contributed by atoms with Gasteiger partial charge in [-0.15, -0.1) is 11.3 Å². The number of nitrogens with zero attached hydrogens (tertiary/aromatic N) is 1. The number of rotatable bonds is 4. The normalized spacial score (nSPS) is 25.7. The highest BCUT2D eigenvalue weighted by Crippen LogP contribution is 2.30. The Labute approximate surface area is 112 Å². The van der Waals surface area contributed by atoms with E-state index in [0.29, 0.717) is 12.5 Å². The Balaban J connectivity index is 1.94. The number of thiazole rings is 1. The summed E-state index contributed by atoms with van der Waals surface area (Å²) in [6.07, 6.45) is 6.17. The lowest BCUT2D eigenvalue weighted by molar-refractivity contribution is -0.128. The second kappa shape index (κ2) is 6.29. The highest BCUT2D eigenvalue weighted by Gasteiger charge is 2.30. The Hall–Kier alpha value is -0.940. The molecule has 1 aliphatic carbocycles. The van der Waals surface area contributed by atoms with Gasteiger partial charge in [-0.3, -0.25) is 4.79 Å². The number of aromatic nitrogens is 1. The Bertz CT molecular complexity index is 380. The molecule has 3 atom stereocenters. The molecule has 18 heavy (non-hydrogen) atoms. The number of carbonyl (C=O) groups is 1. The van der Waals surface area contributed by atoms with Crippen LogP contribution in [0.3, 0.4) is 0 Å².